The Kier molecular flexibility index (Phi) is 3.87. The summed E-state index contributed by atoms with van der Waals surface area (Å²) >= 11 is 0. The molecule has 1 aromatic rings. The molecule has 0 radical (unpaired) electrons. The number of hydrogen-bond donors (Lipinski definition) is 1. The van der Waals surface area contributed by atoms with E-state index in [1.54, 1.807) is 12.1 Å². The first-order valence-corrected chi connectivity index (χ1v) is 6.57. The Bertz CT molecular complexity index is 451. The van der Waals surface area contributed by atoms with Crippen LogP contribution in [0.25, 0.3) is 0 Å². The van der Waals surface area contributed by atoms with Crippen LogP contribution in [0.3, 0.4) is 0 Å². The van der Waals surface area contributed by atoms with E-state index in [1.807, 2.05) is 13.8 Å². The third-order valence-electron chi connectivity index (χ3n) is 3.71. The second-order valence-electron chi connectivity index (χ2n) is 5.71. The van der Waals surface area contributed by atoms with E-state index >= 15 is 0 Å². The van der Waals surface area contributed by atoms with Crippen LogP contribution < -0.4 is 0 Å². The van der Waals surface area contributed by atoms with E-state index in [1.165, 1.54) is 12.1 Å². The molecule has 1 N–H and O–H groups in total. The maximum absolute atomic E-state index is 10.6. The summed E-state index contributed by atoms with van der Waals surface area (Å²) in [5.41, 5.74) is 0.447. The van der Waals surface area contributed by atoms with Crippen molar-refractivity contribution in [3.8, 4) is 0 Å². The summed E-state index contributed by atoms with van der Waals surface area (Å²) in [4.78, 5) is 12.5. The van der Waals surface area contributed by atoms with E-state index in [-0.39, 0.29) is 16.7 Å². The van der Waals surface area contributed by atoms with Crippen LogP contribution in [0.2, 0.25) is 0 Å². The van der Waals surface area contributed by atoms with Gasteiger partial charge in [0, 0.05) is 24.7 Å². The molecule has 0 aromatic heterocycles. The minimum atomic E-state index is -0.711. The van der Waals surface area contributed by atoms with Crippen molar-refractivity contribution in [2.45, 2.75) is 44.9 Å². The summed E-state index contributed by atoms with van der Waals surface area (Å²) in [6.45, 7) is 5.37. The van der Waals surface area contributed by atoms with Crippen LogP contribution in [0.1, 0.15) is 32.3 Å². The van der Waals surface area contributed by atoms with Crippen molar-refractivity contribution in [2.75, 3.05) is 6.54 Å². The van der Waals surface area contributed by atoms with Crippen LogP contribution >= 0.6 is 0 Å². The Morgan fingerprint density at radius 1 is 1.42 bits per heavy atom. The highest BCUT2D eigenvalue weighted by atomic mass is 16.6. The first-order chi connectivity index (χ1) is 8.88. The standard InChI is InChI=1S/C14H20N2O3/c1-14(2,17)13-4-3-9-15(13)10-11-5-7-12(8-6-11)16(18)19/h5-8,13,17H,3-4,9-10H2,1-2H3. The highest BCUT2D eigenvalue weighted by Crippen LogP contribution is 2.28. The zero-order chi connectivity index (χ0) is 14.0. The first kappa shape index (κ1) is 14.0. The molecule has 0 spiro atoms. The molecule has 1 aliphatic rings. The number of aliphatic hydroxyl groups is 1. The van der Waals surface area contributed by atoms with Gasteiger partial charge in [-0.25, -0.2) is 0 Å². The average Bonchev–Trinajstić information content (AvgIpc) is 2.77. The molecule has 19 heavy (non-hydrogen) atoms. The fourth-order valence-electron chi connectivity index (χ4n) is 2.77. The number of nitrogens with zero attached hydrogens (tertiary/aromatic N) is 2. The van der Waals surface area contributed by atoms with E-state index in [4.69, 9.17) is 0 Å². The van der Waals surface area contributed by atoms with E-state index < -0.39 is 5.60 Å². The van der Waals surface area contributed by atoms with Crippen molar-refractivity contribution < 1.29 is 10.0 Å². The zero-order valence-electron chi connectivity index (χ0n) is 11.4. The molecule has 0 amide bonds. The Hall–Kier alpha value is -1.46. The lowest BCUT2D eigenvalue weighted by molar-refractivity contribution is -0.384. The highest BCUT2D eigenvalue weighted by Gasteiger charge is 2.35. The summed E-state index contributed by atoms with van der Waals surface area (Å²) in [6, 6.07) is 6.80. The minimum Gasteiger partial charge on any atom is -0.389 e. The normalized spacial score (nSPS) is 20.7. The number of non-ortho nitro benzene ring substituents is 1. The van der Waals surface area contributed by atoms with Gasteiger partial charge in [-0.15, -0.1) is 0 Å². The average molecular weight is 264 g/mol. The van der Waals surface area contributed by atoms with Crippen molar-refractivity contribution in [3.63, 3.8) is 0 Å². The molecular weight excluding hydrogens is 244 g/mol. The number of likely N-dealkylation sites (tertiary alicyclic amines) is 1. The smallest absolute Gasteiger partial charge is 0.269 e. The molecule has 1 aromatic carbocycles. The third kappa shape index (κ3) is 3.30. The maximum atomic E-state index is 10.6. The summed E-state index contributed by atoms with van der Waals surface area (Å²) < 4.78 is 0. The van der Waals surface area contributed by atoms with Gasteiger partial charge in [0.15, 0.2) is 0 Å². The lowest BCUT2D eigenvalue weighted by Crippen LogP contribution is -2.45. The Labute approximate surface area is 113 Å². The number of benzene rings is 1. The van der Waals surface area contributed by atoms with Crippen molar-refractivity contribution in [1.82, 2.24) is 4.90 Å². The molecule has 1 fully saturated rings. The Balaban J connectivity index is 2.06. The van der Waals surface area contributed by atoms with Gasteiger partial charge < -0.3 is 5.11 Å². The van der Waals surface area contributed by atoms with Gasteiger partial charge in [0.1, 0.15) is 0 Å². The van der Waals surface area contributed by atoms with Crippen LogP contribution in [-0.2, 0) is 6.54 Å². The predicted molar refractivity (Wildman–Crippen MR) is 72.8 cm³/mol. The monoisotopic (exact) mass is 264 g/mol. The molecule has 1 unspecified atom stereocenters. The van der Waals surface area contributed by atoms with E-state index in [0.717, 1.165) is 31.5 Å². The molecule has 1 heterocycles. The van der Waals surface area contributed by atoms with Gasteiger partial charge in [0.2, 0.25) is 0 Å². The molecule has 1 aliphatic heterocycles. The summed E-state index contributed by atoms with van der Waals surface area (Å²) in [5, 5.41) is 20.8. The van der Waals surface area contributed by atoms with Gasteiger partial charge in [0.05, 0.1) is 10.5 Å². The number of hydrogen-bond acceptors (Lipinski definition) is 4. The maximum Gasteiger partial charge on any atom is 0.269 e. The van der Waals surface area contributed by atoms with Gasteiger partial charge in [-0.3, -0.25) is 15.0 Å². The van der Waals surface area contributed by atoms with Crippen LogP contribution in [0.15, 0.2) is 24.3 Å². The molecule has 2 rings (SSSR count). The van der Waals surface area contributed by atoms with Crippen molar-refractivity contribution in [3.05, 3.63) is 39.9 Å². The van der Waals surface area contributed by atoms with Gasteiger partial charge in [-0.2, -0.15) is 0 Å². The second-order valence-corrected chi connectivity index (χ2v) is 5.71. The lowest BCUT2D eigenvalue weighted by atomic mass is 9.96. The van der Waals surface area contributed by atoms with Crippen LogP contribution in [0, 0.1) is 10.1 Å². The van der Waals surface area contributed by atoms with Gasteiger partial charge >= 0.3 is 0 Å². The Morgan fingerprint density at radius 3 is 2.58 bits per heavy atom. The molecule has 0 bridgehead atoms. The van der Waals surface area contributed by atoms with E-state index in [2.05, 4.69) is 4.90 Å². The molecular formula is C14H20N2O3. The Morgan fingerprint density at radius 2 is 2.05 bits per heavy atom. The molecule has 0 saturated carbocycles. The number of rotatable bonds is 4. The minimum absolute atomic E-state index is 0.115. The number of nitro groups is 1. The molecule has 5 heteroatoms. The quantitative estimate of drug-likeness (QED) is 0.669. The van der Waals surface area contributed by atoms with Gasteiger partial charge in [-0.1, -0.05) is 12.1 Å². The molecule has 1 atom stereocenters. The second kappa shape index (κ2) is 5.27. The molecule has 5 nitrogen and oxygen atoms in total. The van der Waals surface area contributed by atoms with Gasteiger partial charge in [0.25, 0.3) is 5.69 Å². The van der Waals surface area contributed by atoms with Crippen molar-refractivity contribution in [1.29, 1.82) is 0 Å². The topological polar surface area (TPSA) is 66.6 Å². The molecule has 0 aliphatic carbocycles. The molecule has 1 saturated heterocycles. The first-order valence-electron chi connectivity index (χ1n) is 6.57. The summed E-state index contributed by atoms with van der Waals surface area (Å²) in [6.07, 6.45) is 2.08. The van der Waals surface area contributed by atoms with E-state index in [0.29, 0.717) is 0 Å². The number of nitro benzene ring substituents is 1. The van der Waals surface area contributed by atoms with Crippen molar-refractivity contribution in [2.24, 2.45) is 0 Å². The summed E-state index contributed by atoms with van der Waals surface area (Å²) in [7, 11) is 0. The van der Waals surface area contributed by atoms with Crippen LogP contribution in [0.5, 0.6) is 0 Å². The lowest BCUT2D eigenvalue weighted by Gasteiger charge is -2.33. The van der Waals surface area contributed by atoms with Crippen LogP contribution in [-0.4, -0.2) is 33.1 Å². The third-order valence-corrected chi connectivity index (χ3v) is 3.71. The van der Waals surface area contributed by atoms with Gasteiger partial charge in [-0.05, 0) is 38.8 Å². The predicted octanol–water partition coefficient (Wildman–Crippen LogP) is 2.33. The largest absolute Gasteiger partial charge is 0.389 e. The SMILES string of the molecule is CC(C)(O)C1CCCN1Cc1ccc([N+](=O)[O-])cc1. The zero-order valence-corrected chi connectivity index (χ0v) is 11.4. The molecule has 104 valence electrons. The van der Waals surface area contributed by atoms with E-state index in [9.17, 15) is 15.2 Å². The highest BCUT2D eigenvalue weighted by molar-refractivity contribution is 5.32. The fourth-order valence-corrected chi connectivity index (χ4v) is 2.77. The van der Waals surface area contributed by atoms with Crippen molar-refractivity contribution >= 4 is 5.69 Å². The fraction of sp³-hybridized carbons (Fsp3) is 0.571. The summed E-state index contributed by atoms with van der Waals surface area (Å²) in [5.74, 6) is 0. The van der Waals surface area contributed by atoms with Crippen LogP contribution in [0.4, 0.5) is 5.69 Å².